The van der Waals surface area contributed by atoms with E-state index in [-0.39, 0.29) is 81.7 Å². The fourth-order valence-electron chi connectivity index (χ4n) is 6.82. The predicted molar refractivity (Wildman–Crippen MR) is 220 cm³/mol. The van der Waals surface area contributed by atoms with Gasteiger partial charge in [0.2, 0.25) is 0 Å². The molecule has 2 aromatic rings. The minimum atomic E-state index is -5.10. The molecule has 0 amide bonds. The number of ketones is 1. The van der Waals surface area contributed by atoms with E-state index in [1.807, 2.05) is 0 Å². The van der Waals surface area contributed by atoms with Gasteiger partial charge in [-0.15, -0.1) is 0 Å². The quantitative estimate of drug-likeness (QED) is 0.0551. The van der Waals surface area contributed by atoms with Gasteiger partial charge in [0.05, 0.1) is 37.9 Å². The first-order valence-electron chi connectivity index (χ1n) is 20.9. The standard InChI is InChI=1S/C43H70O11S2.2Na/c1-5-7-9-11-13-15-17-19-21-23-29-53-38-27-25-35(31-40(38)51-3)42(55(45,46)47)33-37(44)34-43(56(48,49)50)36-26-28-39(41(32-36)52-4)54-30-24-22-20-18-16-14-12-10-8-6-2;;/h25-28,31-32,42-43H,5-24,29-30,33-34H2,1-4H3,(H,45,46,47)(H,48,49,50);;/q;2*+1/p-2. The maximum absolute atomic E-state index is 13.3. The number of benzene rings is 2. The summed E-state index contributed by atoms with van der Waals surface area (Å²) in [4.78, 5) is 13.3. The van der Waals surface area contributed by atoms with Gasteiger partial charge >= 0.3 is 59.1 Å². The molecule has 0 radical (unpaired) electrons. The Morgan fingerprint density at radius 1 is 0.500 bits per heavy atom. The third-order valence-electron chi connectivity index (χ3n) is 10.2. The summed E-state index contributed by atoms with van der Waals surface area (Å²) in [6.45, 7) is 5.28. The summed E-state index contributed by atoms with van der Waals surface area (Å²) < 4.78 is 97.2. The molecular weight excluding hydrogens is 803 g/mol. The van der Waals surface area contributed by atoms with Crippen molar-refractivity contribution >= 4 is 26.0 Å². The molecule has 0 aliphatic carbocycles. The summed E-state index contributed by atoms with van der Waals surface area (Å²) in [5, 5.41) is -3.68. The summed E-state index contributed by atoms with van der Waals surface area (Å²) in [5.41, 5.74) is -0.0211. The van der Waals surface area contributed by atoms with E-state index in [1.165, 1.54) is 141 Å². The Labute approximate surface area is 395 Å². The van der Waals surface area contributed by atoms with Gasteiger partial charge in [-0.3, -0.25) is 4.79 Å². The van der Waals surface area contributed by atoms with Crippen LogP contribution in [0.1, 0.15) is 177 Å². The van der Waals surface area contributed by atoms with Gasteiger partial charge in [-0.2, -0.15) is 0 Å². The van der Waals surface area contributed by atoms with Crippen LogP contribution in [0.2, 0.25) is 0 Å². The molecular formula is C43H68Na2O11S2. The van der Waals surface area contributed by atoms with Crippen LogP contribution in [0.5, 0.6) is 23.0 Å². The fourth-order valence-corrected chi connectivity index (χ4v) is 8.56. The third-order valence-corrected chi connectivity index (χ3v) is 12.4. The van der Waals surface area contributed by atoms with Crippen LogP contribution in [-0.4, -0.2) is 59.2 Å². The number of carbonyl (C=O) groups is 1. The van der Waals surface area contributed by atoms with Gasteiger partial charge in [0.1, 0.15) is 26.0 Å². The van der Waals surface area contributed by atoms with E-state index >= 15 is 0 Å². The molecule has 0 aliphatic rings. The number of unbranched alkanes of at least 4 members (excludes halogenated alkanes) is 18. The Morgan fingerprint density at radius 3 is 1.07 bits per heavy atom. The molecule has 2 unspecified atom stereocenters. The zero-order valence-electron chi connectivity index (χ0n) is 36.4. The van der Waals surface area contributed by atoms with E-state index < -0.39 is 49.4 Å². The van der Waals surface area contributed by atoms with Crippen LogP contribution >= 0.6 is 0 Å². The van der Waals surface area contributed by atoms with E-state index in [9.17, 15) is 30.7 Å². The third kappa shape index (κ3) is 23.4. The van der Waals surface area contributed by atoms with E-state index in [0.717, 1.165) is 38.5 Å². The maximum atomic E-state index is 13.3. The summed E-state index contributed by atoms with van der Waals surface area (Å²) in [6, 6.07) is 8.41. The number of hydrogen-bond donors (Lipinski definition) is 0. The van der Waals surface area contributed by atoms with Crippen molar-refractivity contribution in [2.75, 3.05) is 27.4 Å². The molecule has 2 rings (SSSR count). The summed E-state index contributed by atoms with van der Waals surface area (Å²) >= 11 is 0. The topological polar surface area (TPSA) is 168 Å². The van der Waals surface area contributed by atoms with Gasteiger partial charge in [0, 0.05) is 12.8 Å². The van der Waals surface area contributed by atoms with E-state index in [0.29, 0.717) is 24.7 Å². The zero-order chi connectivity index (χ0) is 41.2. The number of rotatable bonds is 34. The molecule has 15 heteroatoms. The van der Waals surface area contributed by atoms with Crippen molar-refractivity contribution in [3.05, 3.63) is 47.5 Å². The molecule has 0 bridgehead atoms. The molecule has 2 atom stereocenters. The van der Waals surface area contributed by atoms with Crippen LogP contribution in [0.3, 0.4) is 0 Å². The van der Waals surface area contributed by atoms with Crippen LogP contribution in [0.15, 0.2) is 36.4 Å². The largest absolute Gasteiger partial charge is 1.00 e. The van der Waals surface area contributed by atoms with Crippen molar-refractivity contribution in [1.82, 2.24) is 0 Å². The molecule has 0 saturated heterocycles. The average molecular weight is 871 g/mol. The Balaban J connectivity index is 0.0000162. The van der Waals surface area contributed by atoms with Crippen molar-refractivity contribution < 1.29 is 109 Å². The van der Waals surface area contributed by atoms with Crippen LogP contribution in [0.4, 0.5) is 0 Å². The Kier molecular flexibility index (Phi) is 32.3. The Morgan fingerprint density at radius 2 is 0.793 bits per heavy atom. The Bertz CT molecular complexity index is 1500. The van der Waals surface area contributed by atoms with Crippen molar-refractivity contribution in [2.24, 2.45) is 0 Å². The molecule has 0 aromatic heterocycles. The molecule has 0 aliphatic heterocycles. The molecule has 0 spiro atoms. The van der Waals surface area contributed by atoms with E-state index in [4.69, 9.17) is 18.9 Å². The van der Waals surface area contributed by atoms with Gasteiger partial charge in [0.25, 0.3) is 0 Å². The van der Waals surface area contributed by atoms with Crippen molar-refractivity contribution in [1.29, 1.82) is 0 Å². The van der Waals surface area contributed by atoms with Gasteiger partial charge in [-0.1, -0.05) is 142 Å². The van der Waals surface area contributed by atoms with E-state index in [2.05, 4.69) is 13.8 Å². The molecule has 0 fully saturated rings. The average Bonchev–Trinajstić information content (AvgIpc) is 3.16. The number of hydrogen-bond acceptors (Lipinski definition) is 11. The maximum Gasteiger partial charge on any atom is 1.00 e. The first kappa shape index (κ1) is 57.1. The predicted octanol–water partition coefficient (Wildman–Crippen LogP) is 4.53. The first-order chi connectivity index (χ1) is 26.8. The molecule has 0 heterocycles. The monoisotopic (exact) mass is 870 g/mol. The number of ether oxygens (including phenoxy) is 4. The smallest absolute Gasteiger partial charge is 0.747 e. The van der Waals surface area contributed by atoms with Crippen LogP contribution in [-0.2, 0) is 25.0 Å². The number of carbonyl (C=O) groups excluding carboxylic acids is 1. The second-order valence-electron chi connectivity index (χ2n) is 14.8. The normalized spacial score (nSPS) is 12.5. The summed E-state index contributed by atoms with van der Waals surface area (Å²) in [6.07, 6.45) is 21.9. The van der Waals surface area contributed by atoms with Gasteiger partial charge in [-0.05, 0) is 48.2 Å². The zero-order valence-corrected chi connectivity index (χ0v) is 42.0. The molecule has 11 nitrogen and oxygen atoms in total. The van der Waals surface area contributed by atoms with Crippen molar-refractivity contribution in [2.45, 2.75) is 166 Å². The molecule has 320 valence electrons. The van der Waals surface area contributed by atoms with Crippen LogP contribution in [0, 0.1) is 0 Å². The Hall–Kier alpha value is -0.870. The van der Waals surface area contributed by atoms with Gasteiger partial charge in [-0.25, -0.2) is 16.8 Å². The van der Waals surface area contributed by atoms with Crippen molar-refractivity contribution in [3.63, 3.8) is 0 Å². The molecule has 58 heavy (non-hydrogen) atoms. The minimum absolute atomic E-state index is 0. The second-order valence-corrected chi connectivity index (χ2v) is 17.9. The van der Waals surface area contributed by atoms with Gasteiger partial charge in [0.15, 0.2) is 23.0 Å². The molecule has 0 N–H and O–H groups in total. The van der Waals surface area contributed by atoms with Crippen molar-refractivity contribution in [3.8, 4) is 23.0 Å². The van der Waals surface area contributed by atoms with E-state index in [1.54, 1.807) is 0 Å². The fraction of sp³-hybridized carbons (Fsp3) is 0.698. The second kappa shape index (κ2) is 32.8. The molecule has 2 aromatic carbocycles. The first-order valence-corrected chi connectivity index (χ1v) is 23.8. The summed E-state index contributed by atoms with van der Waals surface area (Å²) in [5.74, 6) is 0.224. The number of methoxy groups -OCH3 is 2. The minimum Gasteiger partial charge on any atom is -0.747 e. The van der Waals surface area contributed by atoms with Crippen LogP contribution < -0.4 is 78.1 Å². The van der Waals surface area contributed by atoms with Gasteiger partial charge < -0.3 is 28.1 Å². The SMILES string of the molecule is CCCCCCCCCCCCOc1ccc(C(CC(=O)CC(c2ccc(OCCCCCCCCCCCC)c(OC)c2)S(=O)(=O)[O-])S(=O)(=O)[O-])cc1OC.[Na+].[Na+]. The summed E-state index contributed by atoms with van der Waals surface area (Å²) in [7, 11) is -7.43. The van der Waals surface area contributed by atoms with Crippen LogP contribution in [0.25, 0.3) is 0 Å². The number of Topliss-reactive ketones (excluding diaryl/α,β-unsaturated/α-hetero) is 1. The molecule has 0 saturated carbocycles.